The van der Waals surface area contributed by atoms with Gasteiger partial charge in [0.25, 0.3) is 0 Å². The first-order valence-electron chi connectivity index (χ1n) is 5.44. The molecule has 2 rings (SSSR count). The highest BCUT2D eigenvalue weighted by atomic mass is 32.2. The van der Waals surface area contributed by atoms with Crippen molar-refractivity contribution >= 4 is 21.2 Å². The Labute approximate surface area is 105 Å². The van der Waals surface area contributed by atoms with Crippen LogP contribution in [0.15, 0.2) is 36.5 Å². The van der Waals surface area contributed by atoms with E-state index < -0.39 is 16.3 Å². The van der Waals surface area contributed by atoms with Crippen LogP contribution in [0.3, 0.4) is 0 Å². The van der Waals surface area contributed by atoms with Crippen molar-refractivity contribution in [3.8, 4) is 0 Å². The molecule has 7 heteroatoms. The molecule has 2 N–H and O–H groups in total. The van der Waals surface area contributed by atoms with Crippen LogP contribution in [0.2, 0.25) is 0 Å². The Morgan fingerprint density at radius 1 is 1.39 bits per heavy atom. The summed E-state index contributed by atoms with van der Waals surface area (Å²) in [5, 5.41) is 5.36. The lowest BCUT2D eigenvalue weighted by molar-refractivity contribution is -0.753. The molecule has 96 valence electrons. The van der Waals surface area contributed by atoms with Gasteiger partial charge in [0, 0.05) is 16.6 Å². The van der Waals surface area contributed by atoms with Crippen molar-refractivity contribution < 1.29 is 17.7 Å². The van der Waals surface area contributed by atoms with Gasteiger partial charge < -0.3 is 0 Å². The quantitative estimate of drug-likeness (QED) is 0.617. The molecule has 0 fully saturated rings. The summed E-state index contributed by atoms with van der Waals surface area (Å²) in [4.78, 5) is 0. The third-order valence-electron chi connectivity index (χ3n) is 2.41. The van der Waals surface area contributed by atoms with E-state index in [9.17, 15) is 8.42 Å². The molecule has 2 aromatic rings. The number of nitrogens with one attached hydrogen (secondary N) is 1. The number of nitrogens with zero attached hydrogens (tertiary/aromatic N) is 2. The number of rotatable bonds is 4. The second-order valence-electron chi connectivity index (χ2n) is 4.09. The van der Waals surface area contributed by atoms with E-state index >= 15 is 0 Å². The molecule has 0 amide bonds. The van der Waals surface area contributed by atoms with Gasteiger partial charge in [-0.2, -0.15) is 13.1 Å². The summed E-state index contributed by atoms with van der Waals surface area (Å²) in [6, 6.07) is 9.11. The van der Waals surface area contributed by atoms with E-state index in [1.807, 2.05) is 30.3 Å². The van der Waals surface area contributed by atoms with E-state index in [1.165, 1.54) is 0 Å². The van der Waals surface area contributed by atoms with Gasteiger partial charge in [-0.3, -0.25) is 4.55 Å². The molecule has 0 saturated heterocycles. The zero-order chi connectivity index (χ0) is 13.2. The second kappa shape index (κ2) is 4.97. The minimum Gasteiger partial charge on any atom is -0.273 e. The fourth-order valence-corrected chi connectivity index (χ4v) is 2.31. The van der Waals surface area contributed by atoms with Crippen molar-refractivity contribution in [2.24, 2.45) is 0 Å². The first-order valence-corrected chi connectivity index (χ1v) is 6.88. The number of aromatic nitrogens is 2. The topological polar surface area (TPSA) is 83.2 Å². The minimum atomic E-state index is -4.18. The molecule has 0 aliphatic heterocycles. The summed E-state index contributed by atoms with van der Waals surface area (Å²) in [5.41, 5.74) is 0.832. The highest BCUT2D eigenvalue weighted by molar-refractivity contribution is 7.83. The average molecular weight is 268 g/mol. The lowest BCUT2D eigenvalue weighted by Gasteiger charge is -2.06. The van der Waals surface area contributed by atoms with Gasteiger partial charge in [-0.15, -0.1) is 0 Å². The van der Waals surface area contributed by atoms with Crippen molar-refractivity contribution in [3.63, 3.8) is 0 Å². The van der Waals surface area contributed by atoms with Crippen molar-refractivity contribution in [2.45, 2.75) is 19.5 Å². The zero-order valence-corrected chi connectivity index (χ0v) is 10.6. The number of fused-ring (bicyclic) bond motifs is 1. The highest BCUT2D eigenvalue weighted by Gasteiger charge is 2.16. The molecular weight excluding hydrogens is 254 g/mol. The predicted molar refractivity (Wildman–Crippen MR) is 66.1 cm³/mol. The molecule has 1 heterocycles. The maximum Gasteiger partial charge on any atom is 0.333 e. The number of hydrogen-bond donors (Lipinski definition) is 2. The van der Waals surface area contributed by atoms with Crippen LogP contribution in [0.25, 0.3) is 10.9 Å². The summed E-state index contributed by atoms with van der Waals surface area (Å²) in [7, 11) is -4.18. The monoisotopic (exact) mass is 268 g/mol. The fraction of sp³-hybridized carbons (Fsp3) is 0.273. The van der Waals surface area contributed by atoms with Gasteiger partial charge in [0.05, 0.1) is 6.04 Å². The number of hydrogen-bond acceptors (Lipinski definition) is 3. The van der Waals surface area contributed by atoms with Crippen LogP contribution in [-0.4, -0.2) is 24.1 Å². The van der Waals surface area contributed by atoms with E-state index in [-0.39, 0.29) is 0 Å². The van der Waals surface area contributed by atoms with Gasteiger partial charge >= 0.3 is 10.3 Å². The Morgan fingerprint density at radius 3 is 2.83 bits per heavy atom. The van der Waals surface area contributed by atoms with Crippen molar-refractivity contribution in [3.05, 3.63) is 36.5 Å². The maximum absolute atomic E-state index is 10.7. The Bertz CT molecular complexity index is 657. The molecule has 0 radical (unpaired) electrons. The van der Waals surface area contributed by atoms with Gasteiger partial charge in [-0.1, -0.05) is 22.9 Å². The van der Waals surface area contributed by atoms with Crippen LogP contribution in [0, 0.1) is 0 Å². The Balaban J connectivity index is 2.17. The number of benzene rings is 1. The average Bonchev–Trinajstić information content (AvgIpc) is 2.26. The van der Waals surface area contributed by atoms with Crippen LogP contribution >= 0.6 is 0 Å². The summed E-state index contributed by atoms with van der Waals surface area (Å²) in [6.45, 7) is 1.99. The van der Waals surface area contributed by atoms with Crippen LogP contribution in [0.4, 0.5) is 0 Å². The molecule has 0 aliphatic carbocycles. The summed E-state index contributed by atoms with van der Waals surface area (Å²) in [5.74, 6) is 0. The summed E-state index contributed by atoms with van der Waals surface area (Å²) < 4.78 is 33.7. The van der Waals surface area contributed by atoms with E-state index in [2.05, 4.69) is 9.82 Å². The van der Waals surface area contributed by atoms with Crippen molar-refractivity contribution in [2.75, 3.05) is 0 Å². The molecule has 1 aromatic heterocycles. The first kappa shape index (κ1) is 12.9. The fourth-order valence-electron chi connectivity index (χ4n) is 1.73. The van der Waals surface area contributed by atoms with Gasteiger partial charge in [0.1, 0.15) is 5.52 Å². The molecule has 1 atom stereocenters. The van der Waals surface area contributed by atoms with Crippen molar-refractivity contribution in [1.29, 1.82) is 0 Å². The molecular formula is C11H14N3O3S+. The van der Waals surface area contributed by atoms with Crippen LogP contribution in [0.5, 0.6) is 0 Å². The maximum atomic E-state index is 10.7. The van der Waals surface area contributed by atoms with Crippen molar-refractivity contribution in [1.82, 2.24) is 9.82 Å². The van der Waals surface area contributed by atoms with Crippen LogP contribution in [0.1, 0.15) is 6.92 Å². The molecule has 0 saturated carbocycles. The molecule has 18 heavy (non-hydrogen) atoms. The lowest BCUT2D eigenvalue weighted by Crippen LogP contribution is -2.48. The molecule has 1 aromatic carbocycles. The zero-order valence-electron chi connectivity index (χ0n) is 9.81. The third-order valence-corrected chi connectivity index (χ3v) is 3.11. The largest absolute Gasteiger partial charge is 0.333 e. The smallest absolute Gasteiger partial charge is 0.273 e. The molecule has 0 bridgehead atoms. The second-order valence-corrected chi connectivity index (χ2v) is 5.28. The standard InChI is InChI=1S/C11H13N3O3S/c1-9(13-18(15,16)17)8-14-7-6-10-4-2-3-5-11(10)12-14/h2-7,9,13H,8H2,1H3/p+1/t9-/m1/s1. The Morgan fingerprint density at radius 2 is 2.11 bits per heavy atom. The van der Waals surface area contributed by atoms with Crippen LogP contribution < -0.4 is 9.40 Å². The Kier molecular flexibility index (Phi) is 3.55. The highest BCUT2D eigenvalue weighted by Crippen LogP contribution is 2.06. The van der Waals surface area contributed by atoms with Gasteiger partial charge in [-0.25, -0.2) is 0 Å². The SMILES string of the molecule is C[C@H](C[n+]1ccc2ccccc2n1)NS(=O)(=O)O. The summed E-state index contributed by atoms with van der Waals surface area (Å²) in [6.07, 6.45) is 1.77. The Hall–Kier alpha value is -1.57. The van der Waals surface area contributed by atoms with Gasteiger partial charge in [0.15, 0.2) is 12.7 Å². The minimum absolute atomic E-state index is 0.338. The lowest BCUT2D eigenvalue weighted by atomic mass is 10.2. The third kappa shape index (κ3) is 3.46. The molecule has 6 nitrogen and oxygen atoms in total. The molecule has 0 unspecified atom stereocenters. The van der Waals surface area contributed by atoms with E-state index in [4.69, 9.17) is 4.55 Å². The van der Waals surface area contributed by atoms with Gasteiger partial charge in [-0.05, 0) is 13.0 Å². The van der Waals surface area contributed by atoms with E-state index in [0.29, 0.717) is 6.54 Å². The normalized spacial score (nSPS) is 13.7. The summed E-state index contributed by atoms with van der Waals surface area (Å²) >= 11 is 0. The van der Waals surface area contributed by atoms with E-state index in [1.54, 1.807) is 17.8 Å². The molecule has 0 spiro atoms. The van der Waals surface area contributed by atoms with Crippen LogP contribution in [-0.2, 0) is 16.8 Å². The van der Waals surface area contributed by atoms with Gasteiger partial charge in [0.2, 0.25) is 0 Å². The van der Waals surface area contributed by atoms with E-state index in [0.717, 1.165) is 10.9 Å². The molecule has 0 aliphatic rings. The predicted octanol–water partition coefficient (Wildman–Crippen LogP) is 0.303. The first-order chi connectivity index (χ1) is 8.44.